The number of aryl methyl sites for hydroxylation is 1. The van der Waals surface area contributed by atoms with Crippen molar-refractivity contribution in [1.82, 2.24) is 9.97 Å². The van der Waals surface area contributed by atoms with Crippen LogP contribution in [0.5, 0.6) is 5.88 Å². The summed E-state index contributed by atoms with van der Waals surface area (Å²) in [6, 6.07) is 11.5. The smallest absolute Gasteiger partial charge is 0.263 e. The third-order valence-corrected chi connectivity index (χ3v) is 6.13. The van der Waals surface area contributed by atoms with E-state index >= 15 is 0 Å². The molecule has 0 fully saturated rings. The molecular weight excluding hydrogens is 489 g/mol. The maximum Gasteiger partial charge on any atom is 0.263 e. The lowest BCUT2D eigenvalue weighted by molar-refractivity contribution is 0.294. The van der Waals surface area contributed by atoms with E-state index in [0.717, 1.165) is 5.56 Å². The van der Waals surface area contributed by atoms with Crippen LogP contribution in [0, 0.1) is 6.92 Å². The second-order valence-electron chi connectivity index (χ2n) is 5.75. The molecule has 0 aliphatic rings. The lowest BCUT2D eigenvalue weighted by Gasteiger charge is -2.13. The average molecular weight is 503 g/mol. The van der Waals surface area contributed by atoms with Gasteiger partial charge < -0.3 is 4.74 Å². The summed E-state index contributed by atoms with van der Waals surface area (Å²) in [7, 11) is -3.86. The van der Waals surface area contributed by atoms with Crippen LogP contribution in [0.25, 0.3) is 0 Å². The molecular formula is C18H14BrCl2N3O3S. The summed E-state index contributed by atoms with van der Waals surface area (Å²) in [5.74, 6) is -0.0620. The fraction of sp³-hybridized carbons (Fsp3) is 0.111. The van der Waals surface area contributed by atoms with Crippen LogP contribution in [0.3, 0.4) is 0 Å². The zero-order valence-electron chi connectivity index (χ0n) is 14.5. The zero-order chi connectivity index (χ0) is 20.3. The summed E-state index contributed by atoms with van der Waals surface area (Å²) >= 11 is 15.5. The SMILES string of the molecule is Cc1ccc(S(=O)(=O)Nc2ncc(Br)nc2OCc2c(Cl)cccc2Cl)cc1. The molecule has 10 heteroatoms. The summed E-state index contributed by atoms with van der Waals surface area (Å²) in [5.41, 5.74) is 1.50. The lowest BCUT2D eigenvalue weighted by Crippen LogP contribution is -2.15. The van der Waals surface area contributed by atoms with Gasteiger partial charge in [0.1, 0.15) is 11.2 Å². The van der Waals surface area contributed by atoms with Gasteiger partial charge in [-0.1, -0.05) is 47.0 Å². The van der Waals surface area contributed by atoms with Crippen LogP contribution in [-0.4, -0.2) is 18.4 Å². The molecule has 0 amide bonds. The molecule has 1 heterocycles. The highest BCUT2D eigenvalue weighted by atomic mass is 79.9. The van der Waals surface area contributed by atoms with Gasteiger partial charge in [0, 0.05) is 15.6 Å². The number of hydrogen-bond donors (Lipinski definition) is 1. The van der Waals surface area contributed by atoms with Crippen molar-refractivity contribution in [1.29, 1.82) is 0 Å². The molecule has 0 atom stereocenters. The molecule has 1 N–H and O–H groups in total. The molecule has 0 radical (unpaired) electrons. The number of halogens is 3. The highest BCUT2D eigenvalue weighted by molar-refractivity contribution is 9.10. The maximum atomic E-state index is 12.6. The molecule has 0 bridgehead atoms. The first-order valence-corrected chi connectivity index (χ1v) is 11.0. The fourth-order valence-corrected chi connectivity index (χ4v) is 4.01. The predicted octanol–water partition coefficient (Wildman–Crippen LogP) is 5.23. The number of benzene rings is 2. The summed E-state index contributed by atoms with van der Waals surface area (Å²) in [6.07, 6.45) is 1.36. The monoisotopic (exact) mass is 501 g/mol. The van der Waals surface area contributed by atoms with Crippen molar-refractivity contribution >= 4 is 55.0 Å². The van der Waals surface area contributed by atoms with Crippen molar-refractivity contribution < 1.29 is 13.2 Å². The number of anilines is 1. The third-order valence-electron chi connectivity index (χ3n) is 3.69. The third kappa shape index (κ3) is 4.94. The summed E-state index contributed by atoms with van der Waals surface area (Å²) in [4.78, 5) is 8.33. The summed E-state index contributed by atoms with van der Waals surface area (Å²) < 4.78 is 33.7. The second kappa shape index (κ2) is 8.65. The highest BCUT2D eigenvalue weighted by Gasteiger charge is 2.19. The molecule has 2 aromatic carbocycles. The van der Waals surface area contributed by atoms with Gasteiger partial charge in [-0.15, -0.1) is 0 Å². The average Bonchev–Trinajstić information content (AvgIpc) is 2.63. The molecule has 3 rings (SSSR count). The molecule has 146 valence electrons. The molecule has 28 heavy (non-hydrogen) atoms. The van der Waals surface area contributed by atoms with Gasteiger partial charge in [0.25, 0.3) is 15.9 Å². The molecule has 6 nitrogen and oxygen atoms in total. The van der Waals surface area contributed by atoms with Crippen LogP contribution in [0.2, 0.25) is 10.0 Å². The minimum atomic E-state index is -3.86. The van der Waals surface area contributed by atoms with Crippen molar-refractivity contribution in [2.75, 3.05) is 4.72 Å². The Kier molecular flexibility index (Phi) is 6.44. The number of rotatable bonds is 6. The Balaban J connectivity index is 1.87. The largest absolute Gasteiger partial charge is 0.470 e. The van der Waals surface area contributed by atoms with Gasteiger partial charge in [0.05, 0.1) is 11.1 Å². The van der Waals surface area contributed by atoms with Gasteiger partial charge in [-0.2, -0.15) is 0 Å². The van der Waals surface area contributed by atoms with E-state index in [9.17, 15) is 8.42 Å². The first kappa shape index (κ1) is 20.9. The van der Waals surface area contributed by atoms with Gasteiger partial charge in [0.15, 0.2) is 0 Å². The van der Waals surface area contributed by atoms with Crippen LogP contribution < -0.4 is 9.46 Å². The van der Waals surface area contributed by atoms with E-state index in [-0.39, 0.29) is 23.2 Å². The second-order valence-corrected chi connectivity index (χ2v) is 9.06. The molecule has 0 spiro atoms. The minimum absolute atomic E-state index is 0.0110. The van der Waals surface area contributed by atoms with E-state index in [1.807, 2.05) is 6.92 Å². The van der Waals surface area contributed by atoms with Crippen molar-refractivity contribution in [3.8, 4) is 5.88 Å². The van der Waals surface area contributed by atoms with E-state index in [4.69, 9.17) is 27.9 Å². The Bertz CT molecular complexity index is 1090. The van der Waals surface area contributed by atoms with Gasteiger partial charge in [-0.05, 0) is 47.1 Å². The lowest BCUT2D eigenvalue weighted by atomic mass is 10.2. The van der Waals surface area contributed by atoms with Crippen molar-refractivity contribution in [3.05, 3.63) is 74.4 Å². The number of ether oxygens (including phenoxy) is 1. The number of aromatic nitrogens is 2. The number of hydrogen-bond acceptors (Lipinski definition) is 5. The van der Waals surface area contributed by atoms with Crippen LogP contribution in [0.4, 0.5) is 5.82 Å². The van der Waals surface area contributed by atoms with Gasteiger partial charge in [0.2, 0.25) is 5.82 Å². The minimum Gasteiger partial charge on any atom is -0.470 e. The molecule has 0 saturated heterocycles. The Morgan fingerprint density at radius 1 is 1.11 bits per heavy atom. The van der Waals surface area contributed by atoms with E-state index in [1.54, 1.807) is 30.3 Å². The molecule has 0 saturated carbocycles. The highest BCUT2D eigenvalue weighted by Crippen LogP contribution is 2.29. The Morgan fingerprint density at radius 2 is 1.75 bits per heavy atom. The summed E-state index contributed by atoms with van der Waals surface area (Å²) in [6.45, 7) is 1.86. The van der Waals surface area contributed by atoms with Crippen LogP contribution >= 0.6 is 39.1 Å². The van der Waals surface area contributed by atoms with E-state index in [2.05, 4.69) is 30.6 Å². The number of sulfonamides is 1. The Labute approximate surface area is 181 Å². The van der Waals surface area contributed by atoms with Gasteiger partial charge in [-0.3, -0.25) is 4.72 Å². The molecule has 1 aromatic heterocycles. The van der Waals surface area contributed by atoms with Crippen LogP contribution in [0.1, 0.15) is 11.1 Å². The first-order valence-electron chi connectivity index (χ1n) is 7.94. The predicted molar refractivity (Wildman–Crippen MR) is 113 cm³/mol. The Hall–Kier alpha value is -1.87. The van der Waals surface area contributed by atoms with Gasteiger partial charge >= 0.3 is 0 Å². The van der Waals surface area contributed by atoms with E-state index < -0.39 is 10.0 Å². The quantitative estimate of drug-likeness (QED) is 0.498. The zero-order valence-corrected chi connectivity index (χ0v) is 18.4. The molecule has 0 unspecified atom stereocenters. The number of nitrogens with zero attached hydrogens (tertiary/aromatic N) is 2. The van der Waals surface area contributed by atoms with Crippen molar-refractivity contribution in [2.24, 2.45) is 0 Å². The standard InChI is InChI=1S/C18H14BrCl2N3O3S/c1-11-5-7-12(8-6-11)28(25,26)24-17-18(23-16(19)9-22-17)27-10-13-14(20)3-2-4-15(13)21/h2-9H,10H2,1H3,(H,22,24). The first-order chi connectivity index (χ1) is 13.3. The molecule has 0 aliphatic heterocycles. The maximum absolute atomic E-state index is 12.6. The fourth-order valence-electron chi connectivity index (χ4n) is 2.24. The van der Waals surface area contributed by atoms with E-state index in [0.29, 0.717) is 20.2 Å². The van der Waals surface area contributed by atoms with Crippen molar-refractivity contribution in [3.63, 3.8) is 0 Å². The van der Waals surface area contributed by atoms with E-state index in [1.165, 1.54) is 18.3 Å². The summed E-state index contributed by atoms with van der Waals surface area (Å²) in [5, 5.41) is 0.856. The van der Waals surface area contributed by atoms with Gasteiger partial charge in [-0.25, -0.2) is 18.4 Å². The molecule has 3 aromatic rings. The van der Waals surface area contributed by atoms with Crippen molar-refractivity contribution in [2.45, 2.75) is 18.4 Å². The normalized spacial score (nSPS) is 11.3. The Morgan fingerprint density at radius 3 is 2.39 bits per heavy atom. The van der Waals surface area contributed by atoms with Crippen LogP contribution in [-0.2, 0) is 16.6 Å². The van der Waals surface area contributed by atoms with Crippen LogP contribution in [0.15, 0.2) is 58.2 Å². The topological polar surface area (TPSA) is 81.2 Å². The molecule has 0 aliphatic carbocycles. The number of nitrogens with one attached hydrogen (secondary N) is 1.